The van der Waals surface area contributed by atoms with Gasteiger partial charge >= 0.3 is 0 Å². The molecule has 0 aromatic carbocycles. The van der Waals surface area contributed by atoms with E-state index in [1.807, 2.05) is 0 Å². The highest BCUT2D eigenvalue weighted by Gasteiger charge is 2.32. The second-order valence-corrected chi connectivity index (χ2v) is 3.80. The maximum atomic E-state index is 4.38. The summed E-state index contributed by atoms with van der Waals surface area (Å²) in [6.07, 6.45) is 0. The average Bonchev–Trinajstić information content (AvgIpc) is 2.53. The molecule has 0 bridgehead atoms. The van der Waals surface area contributed by atoms with Crippen LogP contribution in [-0.4, -0.2) is 16.3 Å². The predicted octanol–water partition coefficient (Wildman–Crippen LogP) is 2.21. The highest BCUT2D eigenvalue weighted by Crippen LogP contribution is 2.39. The lowest BCUT2D eigenvalue weighted by molar-refractivity contribution is 0.231. The molecule has 60 valence electrons. The van der Waals surface area contributed by atoms with Gasteiger partial charge < -0.3 is 0 Å². The Morgan fingerprint density at radius 3 is 2.82 bits per heavy atom. The second kappa shape index (κ2) is 2.29. The average molecular weight is 168 g/mol. The minimum absolute atomic E-state index is 0.506. The van der Waals surface area contributed by atoms with Gasteiger partial charge in [-0.25, -0.2) is 0 Å². The van der Waals surface area contributed by atoms with Crippen LogP contribution in [0.1, 0.15) is 37.2 Å². The molecule has 2 rings (SSSR count). The summed E-state index contributed by atoms with van der Waals surface area (Å²) in [5.41, 5.74) is 2.70. The molecule has 0 radical (unpaired) electrons. The van der Waals surface area contributed by atoms with Crippen LogP contribution in [0.4, 0.5) is 0 Å². The van der Waals surface area contributed by atoms with Gasteiger partial charge in [-0.15, -0.1) is 0 Å². The van der Waals surface area contributed by atoms with Gasteiger partial charge in [0.05, 0.1) is 11.7 Å². The predicted molar refractivity (Wildman–Crippen MR) is 46.7 cm³/mol. The number of fused-ring (bicyclic) bond motifs is 1. The molecule has 0 amide bonds. The molecule has 0 fully saturated rings. The summed E-state index contributed by atoms with van der Waals surface area (Å²) in [5, 5.41) is 2.17. The summed E-state index contributed by atoms with van der Waals surface area (Å²) in [5.74, 6) is 0. The molecule has 2 unspecified atom stereocenters. The van der Waals surface area contributed by atoms with E-state index in [0.29, 0.717) is 12.1 Å². The highest BCUT2D eigenvalue weighted by atomic mass is 32.1. The minimum Gasteiger partial charge on any atom is -0.291 e. The Morgan fingerprint density at radius 2 is 2.18 bits per heavy atom. The molecule has 0 N–H and O–H groups in total. The molecule has 3 heteroatoms. The third kappa shape index (κ3) is 0.844. The topological polar surface area (TPSA) is 16.1 Å². The summed E-state index contributed by atoms with van der Waals surface area (Å²) in [6, 6.07) is 1.06. The van der Waals surface area contributed by atoms with Crippen molar-refractivity contribution in [2.75, 3.05) is 7.05 Å². The first-order chi connectivity index (χ1) is 5.22. The van der Waals surface area contributed by atoms with E-state index in [9.17, 15) is 0 Å². The van der Waals surface area contributed by atoms with Gasteiger partial charge in [0.1, 0.15) is 0 Å². The number of hydrogen-bond donors (Lipinski definition) is 0. The fraction of sp³-hybridized carbons (Fsp3) is 0.625. The van der Waals surface area contributed by atoms with Crippen molar-refractivity contribution < 1.29 is 0 Å². The lowest BCUT2D eigenvalue weighted by Gasteiger charge is -2.19. The third-order valence-electron chi connectivity index (χ3n) is 2.69. The van der Waals surface area contributed by atoms with E-state index in [-0.39, 0.29) is 0 Å². The Hall–Kier alpha value is -0.410. The zero-order valence-electron chi connectivity index (χ0n) is 7.03. The Labute approximate surface area is 71.0 Å². The Kier molecular flexibility index (Phi) is 1.51. The summed E-state index contributed by atoms with van der Waals surface area (Å²) in [7, 11) is 2.15. The zero-order valence-corrected chi connectivity index (χ0v) is 7.85. The lowest BCUT2D eigenvalue weighted by Crippen LogP contribution is -2.17. The van der Waals surface area contributed by atoms with E-state index in [1.54, 1.807) is 11.5 Å². The minimum atomic E-state index is 0.506. The molecule has 1 aromatic heterocycles. The van der Waals surface area contributed by atoms with Crippen molar-refractivity contribution in [1.29, 1.82) is 0 Å². The van der Waals surface area contributed by atoms with E-state index in [2.05, 4.69) is 35.5 Å². The molecule has 1 aromatic rings. The molecule has 0 aliphatic carbocycles. The van der Waals surface area contributed by atoms with Crippen LogP contribution in [0.25, 0.3) is 0 Å². The van der Waals surface area contributed by atoms with Gasteiger partial charge in [-0.1, -0.05) is 0 Å². The molecule has 1 aliphatic heterocycles. The summed E-state index contributed by atoms with van der Waals surface area (Å²) in [4.78, 5) is 2.35. The van der Waals surface area contributed by atoms with E-state index in [0.717, 1.165) is 0 Å². The van der Waals surface area contributed by atoms with Gasteiger partial charge in [0.15, 0.2) is 0 Å². The molecule has 11 heavy (non-hydrogen) atoms. The number of aromatic nitrogens is 1. The van der Waals surface area contributed by atoms with Crippen LogP contribution in [0.15, 0.2) is 5.38 Å². The van der Waals surface area contributed by atoms with E-state index in [1.165, 1.54) is 11.3 Å². The van der Waals surface area contributed by atoms with E-state index < -0.39 is 0 Å². The zero-order chi connectivity index (χ0) is 8.01. The standard InChI is InChI=1S/C8H12N2S/c1-5-7-4-11-9-8(7)6(2)10(5)3/h4-6H,1-3H3. The number of rotatable bonds is 0. The van der Waals surface area contributed by atoms with Gasteiger partial charge in [0.25, 0.3) is 0 Å². The molecular weight excluding hydrogens is 156 g/mol. The van der Waals surface area contributed by atoms with Crippen LogP contribution in [-0.2, 0) is 0 Å². The van der Waals surface area contributed by atoms with Gasteiger partial charge in [-0.3, -0.25) is 4.90 Å². The molecule has 2 atom stereocenters. The molecule has 2 heterocycles. The van der Waals surface area contributed by atoms with Crippen molar-refractivity contribution in [2.45, 2.75) is 25.9 Å². The highest BCUT2D eigenvalue weighted by molar-refractivity contribution is 7.03. The van der Waals surface area contributed by atoms with Crippen LogP contribution in [0, 0.1) is 0 Å². The maximum absolute atomic E-state index is 4.38. The second-order valence-electron chi connectivity index (χ2n) is 3.17. The summed E-state index contributed by atoms with van der Waals surface area (Å²) < 4.78 is 4.38. The first kappa shape index (κ1) is 7.25. The van der Waals surface area contributed by atoms with Crippen molar-refractivity contribution in [3.05, 3.63) is 16.6 Å². The summed E-state index contributed by atoms with van der Waals surface area (Å²) in [6.45, 7) is 4.44. The fourth-order valence-corrected chi connectivity index (χ4v) is 2.49. The summed E-state index contributed by atoms with van der Waals surface area (Å²) >= 11 is 1.57. The number of hydrogen-bond acceptors (Lipinski definition) is 3. The monoisotopic (exact) mass is 168 g/mol. The molecule has 2 nitrogen and oxygen atoms in total. The maximum Gasteiger partial charge on any atom is 0.0758 e. The van der Waals surface area contributed by atoms with Crippen molar-refractivity contribution in [2.24, 2.45) is 0 Å². The van der Waals surface area contributed by atoms with Crippen molar-refractivity contribution in [1.82, 2.24) is 9.27 Å². The fourth-order valence-electron chi connectivity index (χ4n) is 1.63. The molecule has 0 saturated heterocycles. The number of nitrogens with zero attached hydrogens (tertiary/aromatic N) is 2. The quantitative estimate of drug-likeness (QED) is 0.590. The van der Waals surface area contributed by atoms with Crippen LogP contribution >= 0.6 is 11.5 Å². The van der Waals surface area contributed by atoms with Crippen molar-refractivity contribution in [3.8, 4) is 0 Å². The first-order valence-electron chi connectivity index (χ1n) is 3.88. The van der Waals surface area contributed by atoms with Gasteiger partial charge in [0.2, 0.25) is 0 Å². The Morgan fingerprint density at radius 1 is 1.45 bits per heavy atom. The van der Waals surface area contributed by atoms with Crippen molar-refractivity contribution in [3.63, 3.8) is 0 Å². The molecule has 1 aliphatic rings. The van der Waals surface area contributed by atoms with E-state index in [4.69, 9.17) is 0 Å². The third-order valence-corrected chi connectivity index (χ3v) is 3.36. The van der Waals surface area contributed by atoms with Crippen LogP contribution in [0.3, 0.4) is 0 Å². The molecule has 0 spiro atoms. The van der Waals surface area contributed by atoms with Gasteiger partial charge in [0, 0.05) is 17.0 Å². The smallest absolute Gasteiger partial charge is 0.0758 e. The Balaban J connectivity index is 2.48. The SMILES string of the molecule is CC1c2csnc2C(C)N1C. The lowest BCUT2D eigenvalue weighted by atomic mass is 10.2. The molecular formula is C8H12N2S. The van der Waals surface area contributed by atoms with Gasteiger partial charge in [-0.05, 0) is 32.4 Å². The first-order valence-corrected chi connectivity index (χ1v) is 4.71. The van der Waals surface area contributed by atoms with Gasteiger partial charge in [-0.2, -0.15) is 4.37 Å². The van der Waals surface area contributed by atoms with Crippen molar-refractivity contribution >= 4 is 11.5 Å². The largest absolute Gasteiger partial charge is 0.291 e. The van der Waals surface area contributed by atoms with E-state index >= 15 is 0 Å². The Bertz CT molecular complexity index is 244. The van der Waals surface area contributed by atoms with Crippen LogP contribution < -0.4 is 0 Å². The van der Waals surface area contributed by atoms with Crippen LogP contribution in [0.5, 0.6) is 0 Å². The van der Waals surface area contributed by atoms with Crippen LogP contribution in [0.2, 0.25) is 0 Å². The molecule has 0 saturated carbocycles. The normalized spacial score (nSPS) is 30.8.